The van der Waals surface area contributed by atoms with Crippen molar-refractivity contribution in [3.63, 3.8) is 0 Å². The first-order valence-electron chi connectivity index (χ1n) is 12.0. The predicted molar refractivity (Wildman–Crippen MR) is 141 cm³/mol. The van der Waals surface area contributed by atoms with Crippen LogP contribution in [0.2, 0.25) is 0 Å². The van der Waals surface area contributed by atoms with Crippen LogP contribution in [-0.4, -0.2) is 59.0 Å². The number of aliphatic hydroxyl groups excluding tert-OH is 1. The lowest BCUT2D eigenvalue weighted by atomic mass is 10.1. The monoisotopic (exact) mass is 568 g/mol. The number of esters is 1. The lowest BCUT2D eigenvalue weighted by molar-refractivity contribution is -0.145. The van der Waals surface area contributed by atoms with Crippen molar-refractivity contribution in [2.24, 2.45) is 0 Å². The van der Waals surface area contributed by atoms with Gasteiger partial charge in [0.1, 0.15) is 30.4 Å². The van der Waals surface area contributed by atoms with Crippen LogP contribution in [0.15, 0.2) is 59.5 Å². The van der Waals surface area contributed by atoms with Gasteiger partial charge in [0.25, 0.3) is 0 Å². The largest absolute Gasteiger partial charge is 0.462 e. The number of aliphatic hydroxyl groups is 1. The maximum absolute atomic E-state index is 12.2. The van der Waals surface area contributed by atoms with E-state index >= 15 is 0 Å². The lowest BCUT2D eigenvalue weighted by Crippen LogP contribution is -2.30. The van der Waals surface area contributed by atoms with Crippen molar-refractivity contribution < 1.29 is 37.2 Å². The average molecular weight is 569 g/mol. The molecular formula is C25H31F2N4O7P. The zero-order valence-electron chi connectivity index (χ0n) is 21.4. The van der Waals surface area contributed by atoms with Gasteiger partial charge in [-0.2, -0.15) is 4.98 Å². The van der Waals surface area contributed by atoms with Crippen LogP contribution in [0.1, 0.15) is 26.5 Å². The number of nitrogen functional groups attached to an aromatic ring is 1. The molecule has 14 heteroatoms. The van der Waals surface area contributed by atoms with Crippen molar-refractivity contribution >= 4 is 31.1 Å². The third-order valence-corrected chi connectivity index (χ3v) is 6.53. The van der Waals surface area contributed by atoms with Crippen LogP contribution in [-0.2, 0) is 18.8 Å². The summed E-state index contributed by atoms with van der Waals surface area (Å²) >= 11 is 0. The zero-order valence-corrected chi connectivity index (χ0v) is 22.3. The van der Waals surface area contributed by atoms with Gasteiger partial charge in [0.15, 0.2) is 0 Å². The van der Waals surface area contributed by atoms with Crippen molar-refractivity contribution in [3.05, 3.63) is 65.2 Å². The second-order valence-electron chi connectivity index (χ2n) is 8.57. The van der Waals surface area contributed by atoms with E-state index in [0.717, 1.165) is 10.8 Å². The van der Waals surface area contributed by atoms with E-state index in [9.17, 15) is 23.5 Å². The molecule has 2 aromatic carbocycles. The van der Waals surface area contributed by atoms with Crippen molar-refractivity contribution in [2.75, 3.05) is 25.8 Å². The standard InChI is InChI=1S/C24H29N4O7P.CH2F2/c1-15(2)33-23(30)13-26-36(35-19-9-5-7-16-6-3-4-8-17(16)19)32-14-20-18(29)12-22(34-20)28-11-10-21(25)27-24(28)31;2-1-3/h3-11,15,18,20,22,26,29H,12-14H2,1-2H3,(H2,25,27,31);1H2. The van der Waals surface area contributed by atoms with Crippen LogP contribution in [0.4, 0.5) is 14.6 Å². The minimum Gasteiger partial charge on any atom is -0.462 e. The van der Waals surface area contributed by atoms with E-state index in [1.807, 2.05) is 42.5 Å². The number of nitrogens with one attached hydrogen (secondary N) is 1. The minimum atomic E-state index is -1.82. The van der Waals surface area contributed by atoms with Crippen LogP contribution in [0, 0.1) is 0 Å². The highest BCUT2D eigenvalue weighted by atomic mass is 31.2. The summed E-state index contributed by atoms with van der Waals surface area (Å²) in [5.74, 6) is 0.234. The molecule has 11 nitrogen and oxygen atoms in total. The summed E-state index contributed by atoms with van der Waals surface area (Å²) in [6.45, 7) is 1.61. The molecule has 0 amide bonds. The summed E-state index contributed by atoms with van der Waals surface area (Å²) in [4.78, 5) is 27.9. The van der Waals surface area contributed by atoms with Crippen molar-refractivity contribution in [3.8, 4) is 5.75 Å². The second-order valence-corrected chi connectivity index (χ2v) is 9.84. The van der Waals surface area contributed by atoms with Crippen LogP contribution in [0.25, 0.3) is 10.8 Å². The van der Waals surface area contributed by atoms with Crippen LogP contribution in [0.5, 0.6) is 5.75 Å². The number of rotatable bonds is 10. The molecule has 0 aliphatic carbocycles. The molecule has 3 aromatic rings. The van der Waals surface area contributed by atoms with Gasteiger partial charge < -0.3 is 29.4 Å². The van der Waals surface area contributed by atoms with Gasteiger partial charge >= 0.3 is 20.2 Å². The number of halogens is 2. The zero-order chi connectivity index (χ0) is 28.4. The molecule has 4 N–H and O–H groups in total. The fraction of sp³-hybridized carbons (Fsp3) is 0.400. The molecule has 1 aromatic heterocycles. The highest BCUT2D eigenvalue weighted by Gasteiger charge is 2.36. The lowest BCUT2D eigenvalue weighted by Gasteiger charge is -2.22. The molecular weight excluding hydrogens is 537 g/mol. The molecule has 0 saturated carbocycles. The Hall–Kier alpha value is -3.22. The molecule has 212 valence electrons. The summed E-state index contributed by atoms with van der Waals surface area (Å²) in [7, 11) is -1.82. The Morgan fingerprint density at radius 1 is 1.26 bits per heavy atom. The number of carbonyl (C=O) groups excluding carboxylic acids is 1. The number of hydrogen-bond acceptors (Lipinski definition) is 10. The number of nitrogens with two attached hydrogens (primary N) is 1. The van der Waals surface area contributed by atoms with E-state index < -0.39 is 45.5 Å². The number of ether oxygens (including phenoxy) is 2. The molecule has 0 radical (unpaired) electrons. The quantitative estimate of drug-likeness (QED) is 0.246. The number of aromatic nitrogens is 2. The highest BCUT2D eigenvalue weighted by molar-refractivity contribution is 7.45. The van der Waals surface area contributed by atoms with Gasteiger partial charge in [0.2, 0.25) is 6.93 Å². The molecule has 1 fully saturated rings. The Labute approximate surface area is 224 Å². The molecule has 4 rings (SSSR count). The summed E-state index contributed by atoms with van der Waals surface area (Å²) in [5, 5.41) is 15.4. The number of carbonyl (C=O) groups is 1. The normalized spacial score (nSPS) is 19.4. The first-order chi connectivity index (χ1) is 18.7. The fourth-order valence-corrected chi connectivity index (χ4v) is 4.81. The van der Waals surface area contributed by atoms with Crippen molar-refractivity contribution in [2.45, 2.75) is 44.8 Å². The molecule has 4 atom stereocenters. The topological polar surface area (TPSA) is 147 Å². The highest BCUT2D eigenvalue weighted by Crippen LogP contribution is 2.40. The van der Waals surface area contributed by atoms with E-state index in [4.69, 9.17) is 24.3 Å². The molecule has 1 aliphatic heterocycles. The van der Waals surface area contributed by atoms with Gasteiger partial charge in [-0.05, 0) is 31.4 Å². The van der Waals surface area contributed by atoms with Crippen LogP contribution in [0.3, 0.4) is 0 Å². The number of anilines is 1. The Morgan fingerprint density at radius 3 is 2.69 bits per heavy atom. The third kappa shape index (κ3) is 8.91. The summed E-state index contributed by atoms with van der Waals surface area (Å²) in [6.07, 6.45) is -0.937. The third-order valence-electron chi connectivity index (χ3n) is 5.37. The second kappa shape index (κ2) is 14.8. The summed E-state index contributed by atoms with van der Waals surface area (Å²) in [5.41, 5.74) is 4.98. The average Bonchev–Trinajstić information content (AvgIpc) is 3.25. The fourth-order valence-electron chi connectivity index (χ4n) is 3.72. The Kier molecular flexibility index (Phi) is 11.5. The van der Waals surface area contributed by atoms with E-state index in [-0.39, 0.29) is 31.5 Å². The minimum absolute atomic E-state index is 0.0441. The number of benzene rings is 2. The molecule has 39 heavy (non-hydrogen) atoms. The Balaban J connectivity index is 0.00000134. The first-order valence-corrected chi connectivity index (χ1v) is 13.2. The van der Waals surface area contributed by atoms with Gasteiger partial charge in [0.05, 0.1) is 18.8 Å². The maximum Gasteiger partial charge on any atom is 0.351 e. The van der Waals surface area contributed by atoms with Gasteiger partial charge in [-0.1, -0.05) is 36.4 Å². The Bertz CT molecular complexity index is 1280. The van der Waals surface area contributed by atoms with Gasteiger partial charge in [-0.25, -0.2) is 18.7 Å². The molecule has 1 aliphatic rings. The number of nitrogens with zero attached hydrogens (tertiary/aromatic N) is 2. The number of hydrogen-bond donors (Lipinski definition) is 3. The van der Waals surface area contributed by atoms with E-state index in [1.54, 1.807) is 13.8 Å². The van der Waals surface area contributed by atoms with E-state index in [1.165, 1.54) is 16.8 Å². The van der Waals surface area contributed by atoms with Crippen molar-refractivity contribution in [1.29, 1.82) is 0 Å². The molecule has 0 bridgehead atoms. The molecule has 0 spiro atoms. The summed E-state index contributed by atoms with van der Waals surface area (Å²) < 4.78 is 43.7. The van der Waals surface area contributed by atoms with Crippen LogP contribution < -0.4 is 21.0 Å². The van der Waals surface area contributed by atoms with Crippen molar-refractivity contribution in [1.82, 2.24) is 14.6 Å². The number of fused-ring (bicyclic) bond motifs is 1. The van der Waals surface area contributed by atoms with E-state index in [2.05, 4.69) is 10.1 Å². The maximum atomic E-state index is 12.2. The molecule has 4 unspecified atom stereocenters. The Morgan fingerprint density at radius 2 is 1.97 bits per heavy atom. The van der Waals surface area contributed by atoms with Gasteiger partial charge in [-0.3, -0.25) is 9.36 Å². The molecule has 1 saturated heterocycles. The SMILES string of the molecule is CC(C)OC(=O)CNP(OCC1OC(n2ccc(N)nc2=O)CC1O)Oc1cccc2ccccc12.FCF. The van der Waals surface area contributed by atoms with Gasteiger partial charge in [0, 0.05) is 18.0 Å². The first kappa shape index (κ1) is 30.3. The predicted octanol–water partition coefficient (Wildman–Crippen LogP) is 3.37. The van der Waals surface area contributed by atoms with Gasteiger partial charge in [-0.15, -0.1) is 0 Å². The molecule has 2 heterocycles. The van der Waals surface area contributed by atoms with E-state index in [0.29, 0.717) is 5.75 Å². The number of alkyl halides is 2. The smallest absolute Gasteiger partial charge is 0.351 e. The van der Waals surface area contributed by atoms with Crippen LogP contribution >= 0.6 is 8.53 Å². The summed E-state index contributed by atoms with van der Waals surface area (Å²) in [6, 6.07) is 14.9.